The van der Waals surface area contributed by atoms with Crippen LogP contribution in [0.5, 0.6) is 0 Å². The normalized spacial score (nSPS) is 11.8. The van der Waals surface area contributed by atoms with Crippen LogP contribution in [0, 0.1) is 0 Å². The second kappa shape index (κ2) is 6.24. The summed E-state index contributed by atoms with van der Waals surface area (Å²) in [6.45, 7) is 0. The molecule has 24 heavy (non-hydrogen) atoms. The molecule has 0 saturated carbocycles. The fourth-order valence-electron chi connectivity index (χ4n) is 2.50. The highest BCUT2D eigenvalue weighted by Crippen LogP contribution is 2.27. The summed E-state index contributed by atoms with van der Waals surface area (Å²) < 4.78 is 26.7. The highest BCUT2D eigenvalue weighted by Gasteiger charge is 2.17. The molecule has 4 nitrogen and oxygen atoms in total. The van der Waals surface area contributed by atoms with Crippen LogP contribution >= 0.6 is 23.2 Å². The molecule has 0 radical (unpaired) electrons. The van der Waals surface area contributed by atoms with Crippen molar-refractivity contribution in [3.05, 3.63) is 74.5 Å². The first kappa shape index (κ1) is 17.0. The third kappa shape index (κ3) is 3.20. The van der Waals surface area contributed by atoms with Crippen LogP contribution in [0.15, 0.2) is 58.2 Å². The van der Waals surface area contributed by atoms with Crippen molar-refractivity contribution < 1.29 is 8.42 Å². The summed E-state index contributed by atoms with van der Waals surface area (Å²) in [4.78, 5) is 11.8. The second-order valence-corrected chi connectivity index (χ2v) is 8.26. The van der Waals surface area contributed by atoms with Crippen molar-refractivity contribution in [2.45, 2.75) is 10.6 Å². The standard InChI is InChI=1S/C17H13Cl2NO3S/c1-20-16-6-2-11(8-12(16)3-7-17(20)21)10-24(22,23)13-4-5-14(18)15(19)9-13/h2-9H,10H2,1H3. The first-order chi connectivity index (χ1) is 11.3. The minimum Gasteiger partial charge on any atom is -0.311 e. The molecule has 0 saturated heterocycles. The van der Waals surface area contributed by atoms with Crippen molar-refractivity contribution >= 4 is 43.9 Å². The Morgan fingerprint density at radius 3 is 2.42 bits per heavy atom. The zero-order chi connectivity index (χ0) is 17.5. The third-order valence-electron chi connectivity index (χ3n) is 3.80. The molecule has 0 N–H and O–H groups in total. The quantitative estimate of drug-likeness (QED) is 0.692. The van der Waals surface area contributed by atoms with Crippen LogP contribution in [-0.2, 0) is 22.6 Å². The maximum atomic E-state index is 12.6. The van der Waals surface area contributed by atoms with Crippen molar-refractivity contribution in [1.82, 2.24) is 4.57 Å². The van der Waals surface area contributed by atoms with Crippen molar-refractivity contribution in [3.63, 3.8) is 0 Å². The Bertz CT molecular complexity index is 1100. The molecule has 0 spiro atoms. The molecule has 3 aromatic rings. The molecule has 0 unspecified atom stereocenters. The SMILES string of the molecule is Cn1c(=O)ccc2cc(CS(=O)(=O)c3ccc(Cl)c(Cl)c3)ccc21. The maximum absolute atomic E-state index is 12.6. The third-order valence-corrected chi connectivity index (χ3v) is 6.22. The Kier molecular flexibility index (Phi) is 4.42. The summed E-state index contributed by atoms with van der Waals surface area (Å²) >= 11 is 11.7. The second-order valence-electron chi connectivity index (χ2n) is 5.46. The van der Waals surface area contributed by atoms with Gasteiger partial charge in [0.1, 0.15) is 0 Å². The number of hydrogen-bond donors (Lipinski definition) is 0. The van der Waals surface area contributed by atoms with Gasteiger partial charge in [-0.15, -0.1) is 0 Å². The first-order valence-corrected chi connectivity index (χ1v) is 9.45. The van der Waals surface area contributed by atoms with E-state index in [0.29, 0.717) is 10.6 Å². The number of pyridine rings is 1. The van der Waals surface area contributed by atoms with Gasteiger partial charge in [0.05, 0.1) is 26.2 Å². The van der Waals surface area contributed by atoms with Crippen LogP contribution in [-0.4, -0.2) is 13.0 Å². The number of fused-ring (bicyclic) bond motifs is 1. The van der Waals surface area contributed by atoms with Gasteiger partial charge in [0.2, 0.25) is 0 Å². The monoisotopic (exact) mass is 381 g/mol. The van der Waals surface area contributed by atoms with Gasteiger partial charge in [0.25, 0.3) is 5.56 Å². The Morgan fingerprint density at radius 1 is 0.958 bits per heavy atom. The van der Waals surface area contributed by atoms with Gasteiger partial charge in [-0.25, -0.2) is 8.42 Å². The van der Waals surface area contributed by atoms with Crippen LogP contribution < -0.4 is 5.56 Å². The predicted molar refractivity (Wildman–Crippen MR) is 96.5 cm³/mol. The predicted octanol–water partition coefficient (Wildman–Crippen LogP) is 3.82. The van der Waals surface area contributed by atoms with Gasteiger partial charge in [-0.2, -0.15) is 0 Å². The highest BCUT2D eigenvalue weighted by atomic mass is 35.5. The summed E-state index contributed by atoms with van der Waals surface area (Å²) in [7, 11) is -1.87. The van der Waals surface area contributed by atoms with Crippen LogP contribution in [0.4, 0.5) is 0 Å². The number of aromatic nitrogens is 1. The van der Waals surface area contributed by atoms with Crippen molar-refractivity contribution in [2.24, 2.45) is 7.05 Å². The molecular weight excluding hydrogens is 369 g/mol. The Hall–Kier alpha value is -1.82. The molecule has 3 rings (SSSR count). The Labute approximate surface area is 149 Å². The van der Waals surface area contributed by atoms with E-state index in [0.717, 1.165) is 10.9 Å². The summed E-state index contributed by atoms with van der Waals surface area (Å²) in [5, 5.41) is 1.31. The lowest BCUT2D eigenvalue weighted by molar-refractivity contribution is 0.595. The summed E-state index contributed by atoms with van der Waals surface area (Å²) in [5.41, 5.74) is 1.27. The lowest BCUT2D eigenvalue weighted by atomic mass is 10.1. The van der Waals surface area contributed by atoms with Gasteiger partial charge in [-0.1, -0.05) is 29.3 Å². The van der Waals surface area contributed by atoms with Crippen LogP contribution in [0.2, 0.25) is 10.0 Å². The lowest BCUT2D eigenvalue weighted by Crippen LogP contribution is -2.15. The lowest BCUT2D eigenvalue weighted by Gasteiger charge is -2.09. The minimum absolute atomic E-state index is 0.112. The van der Waals surface area contributed by atoms with E-state index < -0.39 is 9.84 Å². The van der Waals surface area contributed by atoms with E-state index in [9.17, 15) is 13.2 Å². The molecule has 0 aliphatic rings. The van der Waals surface area contributed by atoms with E-state index in [2.05, 4.69) is 0 Å². The molecule has 1 heterocycles. The number of hydrogen-bond acceptors (Lipinski definition) is 3. The average Bonchev–Trinajstić information content (AvgIpc) is 2.53. The molecule has 0 bridgehead atoms. The van der Waals surface area contributed by atoms with E-state index in [1.807, 2.05) is 0 Å². The zero-order valence-electron chi connectivity index (χ0n) is 12.7. The number of rotatable bonds is 3. The number of halogens is 2. The van der Waals surface area contributed by atoms with Crippen LogP contribution in [0.3, 0.4) is 0 Å². The van der Waals surface area contributed by atoms with Gasteiger partial charge in [0.15, 0.2) is 9.84 Å². The molecule has 1 aromatic heterocycles. The van der Waals surface area contributed by atoms with Crippen molar-refractivity contribution in [2.75, 3.05) is 0 Å². The topological polar surface area (TPSA) is 56.1 Å². The Balaban J connectivity index is 2.00. The number of aryl methyl sites for hydroxylation is 1. The van der Waals surface area contributed by atoms with Gasteiger partial charge in [-0.3, -0.25) is 4.79 Å². The average molecular weight is 382 g/mol. The maximum Gasteiger partial charge on any atom is 0.250 e. The molecular formula is C17H13Cl2NO3S. The first-order valence-electron chi connectivity index (χ1n) is 7.04. The molecule has 7 heteroatoms. The van der Waals surface area contributed by atoms with E-state index in [4.69, 9.17) is 23.2 Å². The molecule has 124 valence electrons. The van der Waals surface area contributed by atoms with Crippen LogP contribution in [0.1, 0.15) is 5.56 Å². The minimum atomic E-state index is -3.55. The van der Waals surface area contributed by atoms with Gasteiger partial charge in [0, 0.05) is 13.1 Å². The molecule has 0 fully saturated rings. The molecule has 0 aliphatic carbocycles. The largest absolute Gasteiger partial charge is 0.311 e. The molecule has 0 aliphatic heterocycles. The number of sulfone groups is 1. The van der Waals surface area contributed by atoms with E-state index >= 15 is 0 Å². The highest BCUT2D eigenvalue weighted by molar-refractivity contribution is 7.90. The fourth-order valence-corrected chi connectivity index (χ4v) is 4.22. The molecule has 0 amide bonds. The van der Waals surface area contributed by atoms with Crippen molar-refractivity contribution in [1.29, 1.82) is 0 Å². The smallest absolute Gasteiger partial charge is 0.250 e. The van der Waals surface area contributed by atoms with E-state index in [1.165, 1.54) is 28.8 Å². The number of benzene rings is 2. The summed E-state index contributed by atoms with van der Waals surface area (Å²) in [6.07, 6.45) is 0. The van der Waals surface area contributed by atoms with Crippen molar-refractivity contribution in [3.8, 4) is 0 Å². The Morgan fingerprint density at radius 2 is 1.71 bits per heavy atom. The zero-order valence-corrected chi connectivity index (χ0v) is 15.0. The number of nitrogens with zero attached hydrogens (tertiary/aromatic N) is 1. The molecule has 2 aromatic carbocycles. The van der Waals surface area contributed by atoms with E-state index in [1.54, 1.807) is 31.3 Å². The van der Waals surface area contributed by atoms with Crippen LogP contribution in [0.25, 0.3) is 10.9 Å². The summed E-state index contributed by atoms with van der Waals surface area (Å²) in [6, 6.07) is 12.6. The van der Waals surface area contributed by atoms with Gasteiger partial charge >= 0.3 is 0 Å². The van der Waals surface area contributed by atoms with E-state index in [-0.39, 0.29) is 21.2 Å². The fraction of sp³-hybridized carbons (Fsp3) is 0.118. The molecule has 0 atom stereocenters. The summed E-state index contributed by atoms with van der Waals surface area (Å²) in [5.74, 6) is -0.163. The van der Waals surface area contributed by atoms with Gasteiger partial charge in [-0.05, 0) is 47.3 Å². The van der Waals surface area contributed by atoms with Gasteiger partial charge < -0.3 is 4.57 Å².